The van der Waals surface area contributed by atoms with Crippen molar-refractivity contribution >= 4 is 9.84 Å². The fourth-order valence-corrected chi connectivity index (χ4v) is 2.22. The molecule has 0 aromatic carbocycles. The molecule has 3 nitrogen and oxygen atoms in total. The van der Waals surface area contributed by atoms with Crippen molar-refractivity contribution in [1.29, 1.82) is 0 Å². The van der Waals surface area contributed by atoms with Gasteiger partial charge in [-0.05, 0) is 39.8 Å². The number of rotatable bonds is 8. The summed E-state index contributed by atoms with van der Waals surface area (Å²) < 4.78 is 22.8. The minimum absolute atomic E-state index is 0.226. The van der Waals surface area contributed by atoms with Crippen LogP contribution in [0.25, 0.3) is 0 Å². The smallest absolute Gasteiger partial charge is 0.152 e. The van der Waals surface area contributed by atoms with Gasteiger partial charge in [0.15, 0.2) is 9.84 Å². The summed E-state index contributed by atoms with van der Waals surface area (Å²) in [5.41, 5.74) is 0. The fourth-order valence-electron chi connectivity index (χ4n) is 1.14. The second-order valence-electron chi connectivity index (χ2n) is 3.83. The number of nitrogens with one attached hydrogen (secondary N) is 1. The van der Waals surface area contributed by atoms with Gasteiger partial charge in [0.25, 0.3) is 0 Å². The molecule has 0 saturated heterocycles. The predicted octanol–water partition coefficient (Wildman–Crippen LogP) is 1.59. The lowest BCUT2D eigenvalue weighted by atomic mass is 10.2. The normalized spacial score (nSPS) is 12.3. The molecule has 0 spiro atoms. The molecule has 0 unspecified atom stereocenters. The van der Waals surface area contributed by atoms with Gasteiger partial charge < -0.3 is 5.32 Å². The maximum absolute atomic E-state index is 11.4. The summed E-state index contributed by atoms with van der Waals surface area (Å²) in [5, 5.41) is 2.99. The molecule has 0 aromatic heterocycles. The molecule has 0 aliphatic carbocycles. The SMILES string of the molecule is CCNCCCCCS(=O)(=O)C(C)C. The van der Waals surface area contributed by atoms with E-state index in [4.69, 9.17) is 0 Å². The third-order valence-corrected chi connectivity index (χ3v) is 4.54. The molecule has 0 aromatic rings. The van der Waals surface area contributed by atoms with Gasteiger partial charge in [0.05, 0.1) is 11.0 Å². The van der Waals surface area contributed by atoms with Gasteiger partial charge in [0, 0.05) is 0 Å². The van der Waals surface area contributed by atoms with Crippen molar-refractivity contribution in [3.63, 3.8) is 0 Å². The molecule has 0 saturated carbocycles. The monoisotopic (exact) mass is 221 g/mol. The van der Waals surface area contributed by atoms with Crippen LogP contribution < -0.4 is 5.32 Å². The summed E-state index contributed by atoms with van der Waals surface area (Å²) in [6, 6.07) is 0. The Labute approximate surface area is 88.2 Å². The lowest BCUT2D eigenvalue weighted by Crippen LogP contribution is -2.18. The first kappa shape index (κ1) is 13.9. The summed E-state index contributed by atoms with van der Waals surface area (Å²) in [4.78, 5) is 0. The standard InChI is InChI=1S/C10H23NO2S/c1-4-11-8-6-5-7-9-14(12,13)10(2)3/h10-11H,4-9H2,1-3H3. The Kier molecular flexibility index (Phi) is 7.19. The van der Waals surface area contributed by atoms with Crippen molar-refractivity contribution in [3.05, 3.63) is 0 Å². The van der Waals surface area contributed by atoms with E-state index in [1.807, 2.05) is 0 Å². The quantitative estimate of drug-likeness (QED) is 0.633. The lowest BCUT2D eigenvalue weighted by molar-refractivity contribution is 0.577. The van der Waals surface area contributed by atoms with Crippen molar-refractivity contribution < 1.29 is 8.42 Å². The van der Waals surface area contributed by atoms with E-state index in [0.29, 0.717) is 5.75 Å². The zero-order chi connectivity index (χ0) is 11.0. The van der Waals surface area contributed by atoms with E-state index in [-0.39, 0.29) is 5.25 Å². The van der Waals surface area contributed by atoms with Gasteiger partial charge in [0.1, 0.15) is 0 Å². The third-order valence-electron chi connectivity index (χ3n) is 2.25. The molecule has 0 rings (SSSR count). The summed E-state index contributed by atoms with van der Waals surface area (Å²) in [6.07, 6.45) is 2.87. The first-order chi connectivity index (χ1) is 6.50. The Morgan fingerprint density at radius 1 is 1.14 bits per heavy atom. The van der Waals surface area contributed by atoms with Crippen LogP contribution in [0.1, 0.15) is 40.0 Å². The zero-order valence-corrected chi connectivity index (χ0v) is 10.4. The molecule has 0 atom stereocenters. The van der Waals surface area contributed by atoms with Gasteiger partial charge in [-0.2, -0.15) is 0 Å². The van der Waals surface area contributed by atoms with Crippen molar-refractivity contribution in [2.24, 2.45) is 0 Å². The summed E-state index contributed by atoms with van der Waals surface area (Å²) in [7, 11) is -2.81. The molecule has 0 bridgehead atoms. The summed E-state index contributed by atoms with van der Waals surface area (Å²) >= 11 is 0. The molecule has 0 fully saturated rings. The molecule has 86 valence electrons. The maximum Gasteiger partial charge on any atom is 0.152 e. The predicted molar refractivity (Wildman–Crippen MR) is 61.3 cm³/mol. The minimum atomic E-state index is -2.81. The van der Waals surface area contributed by atoms with E-state index >= 15 is 0 Å². The molecule has 0 heterocycles. The lowest BCUT2D eigenvalue weighted by Gasteiger charge is -2.07. The first-order valence-electron chi connectivity index (χ1n) is 5.43. The molecule has 14 heavy (non-hydrogen) atoms. The van der Waals surface area contributed by atoms with E-state index in [1.54, 1.807) is 13.8 Å². The van der Waals surface area contributed by atoms with E-state index in [0.717, 1.165) is 32.4 Å². The van der Waals surface area contributed by atoms with Crippen LogP contribution in [0, 0.1) is 0 Å². The van der Waals surface area contributed by atoms with Crippen LogP contribution in [0.2, 0.25) is 0 Å². The van der Waals surface area contributed by atoms with E-state index in [9.17, 15) is 8.42 Å². The highest BCUT2D eigenvalue weighted by atomic mass is 32.2. The Hall–Kier alpha value is -0.0900. The second kappa shape index (κ2) is 7.23. The fraction of sp³-hybridized carbons (Fsp3) is 1.00. The summed E-state index contributed by atoms with van der Waals surface area (Å²) in [6.45, 7) is 7.55. The molecular weight excluding hydrogens is 198 g/mol. The highest BCUT2D eigenvalue weighted by Gasteiger charge is 2.14. The highest BCUT2D eigenvalue weighted by Crippen LogP contribution is 2.05. The van der Waals surface area contributed by atoms with E-state index in [1.165, 1.54) is 0 Å². The molecule has 0 aliphatic rings. The Morgan fingerprint density at radius 3 is 2.29 bits per heavy atom. The van der Waals surface area contributed by atoms with Crippen molar-refractivity contribution in [3.8, 4) is 0 Å². The largest absolute Gasteiger partial charge is 0.317 e. The first-order valence-corrected chi connectivity index (χ1v) is 7.14. The number of sulfone groups is 1. The number of hydrogen-bond donors (Lipinski definition) is 1. The van der Waals surface area contributed by atoms with E-state index in [2.05, 4.69) is 12.2 Å². The van der Waals surface area contributed by atoms with Crippen molar-refractivity contribution in [2.75, 3.05) is 18.8 Å². The molecule has 0 amide bonds. The van der Waals surface area contributed by atoms with Crippen molar-refractivity contribution in [2.45, 2.75) is 45.3 Å². The highest BCUT2D eigenvalue weighted by molar-refractivity contribution is 7.91. The molecular formula is C10H23NO2S. The molecule has 0 radical (unpaired) electrons. The summed E-state index contributed by atoms with van der Waals surface area (Å²) in [5.74, 6) is 0.344. The topological polar surface area (TPSA) is 46.2 Å². The maximum atomic E-state index is 11.4. The van der Waals surface area contributed by atoms with Crippen molar-refractivity contribution in [1.82, 2.24) is 5.32 Å². The van der Waals surface area contributed by atoms with Crippen LogP contribution >= 0.6 is 0 Å². The Morgan fingerprint density at radius 2 is 1.79 bits per heavy atom. The zero-order valence-electron chi connectivity index (χ0n) is 9.54. The van der Waals surface area contributed by atoms with Gasteiger partial charge in [-0.3, -0.25) is 0 Å². The van der Waals surface area contributed by atoms with Gasteiger partial charge in [-0.25, -0.2) is 8.42 Å². The van der Waals surface area contributed by atoms with Gasteiger partial charge in [-0.1, -0.05) is 13.3 Å². The van der Waals surface area contributed by atoms with Crippen LogP contribution in [-0.4, -0.2) is 32.5 Å². The Bertz CT molecular complexity index is 222. The van der Waals surface area contributed by atoms with Crippen LogP contribution in [0.3, 0.4) is 0 Å². The number of hydrogen-bond acceptors (Lipinski definition) is 3. The van der Waals surface area contributed by atoms with Gasteiger partial charge in [0.2, 0.25) is 0 Å². The van der Waals surface area contributed by atoms with Crippen LogP contribution in [0.4, 0.5) is 0 Å². The van der Waals surface area contributed by atoms with Gasteiger partial charge >= 0.3 is 0 Å². The third kappa shape index (κ3) is 6.38. The average Bonchev–Trinajstić information content (AvgIpc) is 2.10. The van der Waals surface area contributed by atoms with Crippen LogP contribution in [0.15, 0.2) is 0 Å². The molecule has 1 N–H and O–H groups in total. The minimum Gasteiger partial charge on any atom is -0.317 e. The molecule has 0 aliphatic heterocycles. The Balaban J connectivity index is 3.46. The molecule has 4 heteroatoms. The number of unbranched alkanes of at least 4 members (excludes halogenated alkanes) is 2. The van der Waals surface area contributed by atoms with Crippen LogP contribution in [-0.2, 0) is 9.84 Å². The second-order valence-corrected chi connectivity index (χ2v) is 6.51. The average molecular weight is 221 g/mol. The van der Waals surface area contributed by atoms with E-state index < -0.39 is 9.84 Å². The van der Waals surface area contributed by atoms with Crippen LogP contribution in [0.5, 0.6) is 0 Å². The van der Waals surface area contributed by atoms with Gasteiger partial charge in [-0.15, -0.1) is 0 Å².